The number of fused-ring (bicyclic) bond motifs is 1. The van der Waals surface area contributed by atoms with Crippen LogP contribution in [0.15, 0.2) is 74.1 Å². The standard InChI is InChI=1S/C29H25BrClN3O4S/c1-15-12-18(17(3)33(15)21-9-6-19(30)7-10-21)13-24-27(35)34-26(22-14-20(31)8-11-23(22)37-4)25(28(36)38-5)16(2)32-29(34)39-24/h6-14,26H,1-5H3/b24-13-/t26-/m0/s1. The summed E-state index contributed by atoms with van der Waals surface area (Å²) in [5, 5.41) is 0.451. The van der Waals surface area contributed by atoms with Gasteiger partial charge in [0.1, 0.15) is 11.8 Å². The van der Waals surface area contributed by atoms with Crippen LogP contribution in [0.1, 0.15) is 35.5 Å². The molecule has 4 aromatic rings. The van der Waals surface area contributed by atoms with Crippen LogP contribution in [-0.2, 0) is 9.53 Å². The predicted octanol–water partition coefficient (Wildman–Crippen LogP) is 5.24. The van der Waals surface area contributed by atoms with E-state index in [-0.39, 0.29) is 11.1 Å². The minimum absolute atomic E-state index is 0.255. The molecule has 7 nitrogen and oxygen atoms in total. The number of halogens is 2. The van der Waals surface area contributed by atoms with Crippen molar-refractivity contribution in [1.29, 1.82) is 0 Å². The summed E-state index contributed by atoms with van der Waals surface area (Å²) in [6, 6.07) is 14.4. The number of esters is 1. The van der Waals surface area contributed by atoms with Gasteiger partial charge in [-0.05, 0) is 80.9 Å². The number of aromatic nitrogens is 2. The fraction of sp³-hybridized carbons (Fsp3) is 0.207. The Morgan fingerprint density at radius 2 is 1.82 bits per heavy atom. The smallest absolute Gasteiger partial charge is 0.338 e. The molecule has 39 heavy (non-hydrogen) atoms. The fourth-order valence-electron chi connectivity index (χ4n) is 4.97. The van der Waals surface area contributed by atoms with Crippen molar-refractivity contribution in [2.24, 2.45) is 4.99 Å². The van der Waals surface area contributed by atoms with Crippen LogP contribution in [0.2, 0.25) is 5.02 Å². The Kier molecular flexibility index (Phi) is 7.41. The summed E-state index contributed by atoms with van der Waals surface area (Å²) in [7, 11) is 2.84. The van der Waals surface area contributed by atoms with Crippen LogP contribution in [0.5, 0.6) is 5.75 Å². The van der Waals surface area contributed by atoms with E-state index in [2.05, 4.69) is 31.6 Å². The van der Waals surface area contributed by atoms with Gasteiger partial charge in [0.05, 0.1) is 30.0 Å². The number of aryl methyl sites for hydroxylation is 1. The number of rotatable bonds is 5. The van der Waals surface area contributed by atoms with Crippen LogP contribution in [0.3, 0.4) is 0 Å². The first kappa shape index (κ1) is 27.2. The maximum atomic E-state index is 14.0. The van der Waals surface area contributed by atoms with Gasteiger partial charge in [-0.3, -0.25) is 9.36 Å². The van der Waals surface area contributed by atoms with Gasteiger partial charge in [0.25, 0.3) is 5.56 Å². The number of benzene rings is 2. The summed E-state index contributed by atoms with van der Waals surface area (Å²) in [6.07, 6.45) is 1.88. The number of methoxy groups -OCH3 is 2. The molecule has 0 radical (unpaired) electrons. The monoisotopic (exact) mass is 625 g/mol. The molecule has 0 amide bonds. The van der Waals surface area contributed by atoms with Gasteiger partial charge in [0.15, 0.2) is 4.80 Å². The highest BCUT2D eigenvalue weighted by Crippen LogP contribution is 2.37. The third-order valence-corrected chi connectivity index (χ3v) is 8.50. The highest BCUT2D eigenvalue weighted by atomic mass is 79.9. The van der Waals surface area contributed by atoms with Gasteiger partial charge in [0, 0.05) is 32.1 Å². The van der Waals surface area contributed by atoms with Crippen LogP contribution < -0.4 is 19.6 Å². The number of carbonyl (C=O) groups excluding carboxylic acids is 1. The van der Waals surface area contributed by atoms with Crippen molar-refractivity contribution in [3.8, 4) is 11.4 Å². The number of thiazole rings is 1. The molecule has 0 fully saturated rings. The molecule has 0 N–H and O–H groups in total. The van der Waals surface area contributed by atoms with Gasteiger partial charge < -0.3 is 14.0 Å². The normalized spacial score (nSPS) is 15.3. The van der Waals surface area contributed by atoms with Crippen molar-refractivity contribution in [3.05, 3.63) is 111 Å². The lowest BCUT2D eigenvalue weighted by Crippen LogP contribution is -2.40. The van der Waals surface area contributed by atoms with Crippen LogP contribution in [0.25, 0.3) is 11.8 Å². The molecule has 0 unspecified atom stereocenters. The van der Waals surface area contributed by atoms with E-state index in [1.807, 2.05) is 44.2 Å². The molecule has 3 heterocycles. The molecule has 0 saturated heterocycles. The second-order valence-corrected chi connectivity index (χ2v) is 11.5. The molecule has 5 rings (SSSR count). The van der Waals surface area contributed by atoms with Crippen molar-refractivity contribution in [3.63, 3.8) is 0 Å². The zero-order valence-electron chi connectivity index (χ0n) is 21.9. The summed E-state index contributed by atoms with van der Waals surface area (Å²) < 4.78 is 15.9. The molecule has 10 heteroatoms. The minimum atomic E-state index is -0.820. The highest BCUT2D eigenvalue weighted by Gasteiger charge is 2.35. The quantitative estimate of drug-likeness (QED) is 0.284. The van der Waals surface area contributed by atoms with Crippen molar-refractivity contribution in [2.75, 3.05) is 14.2 Å². The summed E-state index contributed by atoms with van der Waals surface area (Å²) in [5.41, 5.74) is 5.01. The van der Waals surface area contributed by atoms with E-state index in [1.54, 1.807) is 25.1 Å². The topological polar surface area (TPSA) is 74.8 Å². The van der Waals surface area contributed by atoms with Gasteiger partial charge >= 0.3 is 5.97 Å². The van der Waals surface area contributed by atoms with Crippen LogP contribution in [0.4, 0.5) is 0 Å². The van der Waals surface area contributed by atoms with E-state index < -0.39 is 12.0 Å². The van der Waals surface area contributed by atoms with Gasteiger partial charge in [-0.2, -0.15) is 0 Å². The fourth-order valence-corrected chi connectivity index (χ4v) is 6.45. The Hall–Kier alpha value is -3.40. The van der Waals surface area contributed by atoms with Crippen molar-refractivity contribution < 1.29 is 14.3 Å². The maximum absolute atomic E-state index is 14.0. The Balaban J connectivity index is 1.73. The SMILES string of the molecule is COC(=O)C1=C(C)N=c2s/c(=C\c3cc(C)n(-c4ccc(Br)cc4)c3C)c(=O)n2[C@H]1c1cc(Cl)ccc1OC. The lowest BCUT2D eigenvalue weighted by molar-refractivity contribution is -0.136. The predicted molar refractivity (Wildman–Crippen MR) is 157 cm³/mol. The van der Waals surface area contributed by atoms with Crippen molar-refractivity contribution in [1.82, 2.24) is 9.13 Å². The molecular formula is C29H25BrClN3O4S. The second-order valence-electron chi connectivity index (χ2n) is 9.10. The van der Waals surface area contributed by atoms with Crippen LogP contribution >= 0.6 is 38.9 Å². The molecule has 2 aromatic heterocycles. The minimum Gasteiger partial charge on any atom is -0.496 e. The number of hydrogen-bond acceptors (Lipinski definition) is 6. The van der Waals surface area contributed by atoms with E-state index in [0.29, 0.717) is 31.4 Å². The molecule has 200 valence electrons. The number of ether oxygens (including phenoxy) is 2. The zero-order valence-corrected chi connectivity index (χ0v) is 25.1. The lowest BCUT2D eigenvalue weighted by Gasteiger charge is -2.25. The van der Waals surface area contributed by atoms with Gasteiger partial charge in [-0.1, -0.05) is 38.9 Å². The van der Waals surface area contributed by atoms with Gasteiger partial charge in [0.2, 0.25) is 0 Å². The van der Waals surface area contributed by atoms with E-state index in [1.165, 1.54) is 30.1 Å². The third-order valence-electron chi connectivity index (χ3n) is 6.76. The van der Waals surface area contributed by atoms with Crippen molar-refractivity contribution >= 4 is 50.9 Å². The van der Waals surface area contributed by atoms with Crippen LogP contribution in [0, 0.1) is 13.8 Å². The van der Waals surface area contributed by atoms with E-state index in [0.717, 1.165) is 27.1 Å². The highest BCUT2D eigenvalue weighted by molar-refractivity contribution is 9.10. The average Bonchev–Trinajstić information content (AvgIpc) is 3.37. The lowest BCUT2D eigenvalue weighted by atomic mass is 9.95. The molecule has 1 aliphatic heterocycles. The molecule has 1 atom stereocenters. The molecule has 0 bridgehead atoms. The average molecular weight is 627 g/mol. The molecule has 0 saturated carbocycles. The molecule has 2 aromatic carbocycles. The first-order chi connectivity index (χ1) is 18.6. The first-order valence-corrected chi connectivity index (χ1v) is 14.0. The van der Waals surface area contributed by atoms with Crippen molar-refractivity contribution in [2.45, 2.75) is 26.8 Å². The Morgan fingerprint density at radius 1 is 1.10 bits per heavy atom. The second kappa shape index (κ2) is 10.6. The Labute approximate surface area is 242 Å². The molecule has 0 aliphatic carbocycles. The largest absolute Gasteiger partial charge is 0.496 e. The van der Waals surface area contributed by atoms with Crippen LogP contribution in [-0.4, -0.2) is 29.3 Å². The zero-order chi connectivity index (χ0) is 28.0. The summed E-state index contributed by atoms with van der Waals surface area (Å²) in [6.45, 7) is 5.79. The number of nitrogens with zero attached hydrogens (tertiary/aromatic N) is 3. The number of allylic oxidation sites excluding steroid dienone is 1. The third kappa shape index (κ3) is 4.79. The van der Waals surface area contributed by atoms with E-state index in [4.69, 9.17) is 21.1 Å². The number of hydrogen-bond donors (Lipinski definition) is 0. The molecule has 1 aliphatic rings. The summed E-state index contributed by atoms with van der Waals surface area (Å²) in [5.74, 6) is -0.0799. The Bertz CT molecular complexity index is 1830. The summed E-state index contributed by atoms with van der Waals surface area (Å²) in [4.78, 5) is 32.1. The first-order valence-electron chi connectivity index (χ1n) is 12.0. The molecular weight excluding hydrogens is 602 g/mol. The van der Waals surface area contributed by atoms with Gasteiger partial charge in [-0.25, -0.2) is 9.79 Å². The van der Waals surface area contributed by atoms with E-state index >= 15 is 0 Å². The molecule has 0 spiro atoms. The maximum Gasteiger partial charge on any atom is 0.338 e. The Morgan fingerprint density at radius 3 is 2.49 bits per heavy atom. The van der Waals surface area contributed by atoms with Gasteiger partial charge in [-0.15, -0.1) is 0 Å². The van der Waals surface area contributed by atoms with E-state index in [9.17, 15) is 9.59 Å². The summed E-state index contributed by atoms with van der Waals surface area (Å²) >= 11 is 11.1. The number of carbonyl (C=O) groups is 1.